The second kappa shape index (κ2) is 7.08. The third-order valence-electron chi connectivity index (χ3n) is 2.59. The topological polar surface area (TPSA) is 84.9 Å². The second-order valence-electron chi connectivity index (χ2n) is 5.50. The van der Waals surface area contributed by atoms with Crippen molar-refractivity contribution in [2.45, 2.75) is 39.0 Å². The molecule has 116 valence electrons. The number of aliphatic hydroxyl groups is 1. The third kappa shape index (κ3) is 5.43. The molecule has 0 radical (unpaired) electrons. The zero-order valence-electron chi connectivity index (χ0n) is 12.7. The maximum atomic E-state index is 11.8. The molecule has 0 aliphatic rings. The van der Waals surface area contributed by atoms with Crippen molar-refractivity contribution in [2.24, 2.45) is 0 Å². The standard InChI is InChI=1S/C15H21NO5/c1-15(2,3)21-14(19)16-12(13(18)20-4)11-7-5-10(9-17)6-8-11/h5-8,12,17H,9H2,1-4H3,(H,16,19). The van der Waals surface area contributed by atoms with Crippen LogP contribution in [-0.4, -0.2) is 29.9 Å². The minimum atomic E-state index is -0.961. The molecular weight excluding hydrogens is 274 g/mol. The molecule has 0 saturated carbocycles. The van der Waals surface area contributed by atoms with Gasteiger partial charge < -0.3 is 19.9 Å². The second-order valence-corrected chi connectivity index (χ2v) is 5.50. The van der Waals surface area contributed by atoms with E-state index in [-0.39, 0.29) is 6.61 Å². The van der Waals surface area contributed by atoms with Crippen molar-refractivity contribution in [3.63, 3.8) is 0 Å². The summed E-state index contributed by atoms with van der Waals surface area (Å²) in [5.74, 6) is -0.599. The fraction of sp³-hybridized carbons (Fsp3) is 0.467. The van der Waals surface area contributed by atoms with E-state index in [0.717, 1.165) is 0 Å². The number of esters is 1. The van der Waals surface area contributed by atoms with Gasteiger partial charge in [0.05, 0.1) is 13.7 Å². The average molecular weight is 295 g/mol. The Kier molecular flexibility index (Phi) is 5.72. The zero-order valence-corrected chi connectivity index (χ0v) is 12.7. The molecule has 0 spiro atoms. The first kappa shape index (κ1) is 17.0. The van der Waals surface area contributed by atoms with Gasteiger partial charge >= 0.3 is 12.1 Å². The number of amides is 1. The molecule has 6 heteroatoms. The number of nitrogens with one attached hydrogen (secondary N) is 1. The number of alkyl carbamates (subject to hydrolysis) is 1. The lowest BCUT2D eigenvalue weighted by Crippen LogP contribution is -2.38. The Morgan fingerprint density at radius 3 is 2.24 bits per heavy atom. The maximum absolute atomic E-state index is 11.8. The van der Waals surface area contributed by atoms with Crippen LogP contribution in [0.4, 0.5) is 4.79 Å². The highest BCUT2D eigenvalue weighted by Crippen LogP contribution is 2.17. The average Bonchev–Trinajstić information content (AvgIpc) is 2.42. The van der Waals surface area contributed by atoms with E-state index in [1.807, 2.05) is 0 Å². The molecule has 21 heavy (non-hydrogen) atoms. The zero-order chi connectivity index (χ0) is 16.0. The number of hydrogen-bond donors (Lipinski definition) is 2. The number of methoxy groups -OCH3 is 1. The first-order valence-corrected chi connectivity index (χ1v) is 6.54. The van der Waals surface area contributed by atoms with Gasteiger partial charge in [-0.15, -0.1) is 0 Å². The van der Waals surface area contributed by atoms with E-state index >= 15 is 0 Å². The molecule has 0 aromatic heterocycles. The molecule has 0 aliphatic heterocycles. The minimum absolute atomic E-state index is 0.0946. The maximum Gasteiger partial charge on any atom is 0.408 e. The summed E-state index contributed by atoms with van der Waals surface area (Å²) in [6.07, 6.45) is -0.705. The van der Waals surface area contributed by atoms with E-state index in [4.69, 9.17) is 14.6 Å². The number of aliphatic hydroxyl groups excluding tert-OH is 1. The van der Waals surface area contributed by atoms with E-state index < -0.39 is 23.7 Å². The lowest BCUT2D eigenvalue weighted by molar-refractivity contribution is -0.143. The number of ether oxygens (including phenoxy) is 2. The molecule has 0 bridgehead atoms. The van der Waals surface area contributed by atoms with Crippen molar-refractivity contribution < 1.29 is 24.2 Å². The van der Waals surface area contributed by atoms with E-state index in [1.54, 1.807) is 45.0 Å². The first-order valence-electron chi connectivity index (χ1n) is 6.54. The van der Waals surface area contributed by atoms with Gasteiger partial charge in [-0.25, -0.2) is 9.59 Å². The van der Waals surface area contributed by atoms with Gasteiger partial charge in [-0.3, -0.25) is 0 Å². The van der Waals surface area contributed by atoms with Crippen LogP contribution < -0.4 is 5.32 Å². The van der Waals surface area contributed by atoms with Crippen LogP contribution in [-0.2, 0) is 20.9 Å². The molecule has 1 aromatic carbocycles. The Bertz CT molecular complexity index is 490. The monoisotopic (exact) mass is 295 g/mol. The van der Waals surface area contributed by atoms with Crippen LogP contribution in [0.3, 0.4) is 0 Å². The van der Waals surface area contributed by atoms with Crippen LogP contribution in [0.5, 0.6) is 0 Å². The quantitative estimate of drug-likeness (QED) is 0.829. The number of benzene rings is 1. The molecule has 6 nitrogen and oxygen atoms in total. The summed E-state index contributed by atoms with van der Waals surface area (Å²) in [7, 11) is 1.24. The highest BCUT2D eigenvalue weighted by atomic mass is 16.6. The van der Waals surface area contributed by atoms with Crippen LogP contribution >= 0.6 is 0 Å². The number of carbonyl (C=O) groups is 2. The van der Waals surface area contributed by atoms with Gasteiger partial charge in [0.2, 0.25) is 0 Å². The summed E-state index contributed by atoms with van der Waals surface area (Å²) < 4.78 is 9.83. The van der Waals surface area contributed by atoms with E-state index in [0.29, 0.717) is 11.1 Å². The Labute approximate surface area is 124 Å². The smallest absolute Gasteiger partial charge is 0.408 e. The van der Waals surface area contributed by atoms with Crippen LogP contribution in [0.15, 0.2) is 24.3 Å². The van der Waals surface area contributed by atoms with E-state index in [1.165, 1.54) is 7.11 Å². The van der Waals surface area contributed by atoms with Crippen molar-refractivity contribution in [1.29, 1.82) is 0 Å². The normalized spacial score (nSPS) is 12.4. The molecule has 0 saturated heterocycles. The molecule has 1 unspecified atom stereocenters. The van der Waals surface area contributed by atoms with Crippen LogP contribution in [0.2, 0.25) is 0 Å². The van der Waals surface area contributed by atoms with Gasteiger partial charge in [-0.2, -0.15) is 0 Å². The molecule has 1 aromatic rings. The predicted octanol–water partition coefficient (Wildman–Crippen LogP) is 1.92. The third-order valence-corrected chi connectivity index (χ3v) is 2.59. The Balaban J connectivity index is 2.90. The Morgan fingerprint density at radius 1 is 1.24 bits per heavy atom. The summed E-state index contributed by atoms with van der Waals surface area (Å²) in [5, 5.41) is 11.5. The van der Waals surface area contributed by atoms with Crippen LogP contribution in [0, 0.1) is 0 Å². The fourth-order valence-corrected chi connectivity index (χ4v) is 1.64. The number of rotatable bonds is 4. The highest BCUT2D eigenvalue weighted by Gasteiger charge is 2.26. The number of carbonyl (C=O) groups excluding carboxylic acids is 2. The summed E-state index contributed by atoms with van der Waals surface area (Å²) in [6.45, 7) is 5.10. The first-order chi connectivity index (χ1) is 9.76. The van der Waals surface area contributed by atoms with Crippen molar-refractivity contribution >= 4 is 12.1 Å². The SMILES string of the molecule is COC(=O)C(NC(=O)OC(C)(C)C)c1ccc(CO)cc1. The summed E-state index contributed by atoms with van der Waals surface area (Å²) >= 11 is 0. The number of hydrogen-bond acceptors (Lipinski definition) is 5. The minimum Gasteiger partial charge on any atom is -0.467 e. The van der Waals surface area contributed by atoms with Gasteiger partial charge in [0.1, 0.15) is 5.60 Å². The van der Waals surface area contributed by atoms with Crippen molar-refractivity contribution in [3.8, 4) is 0 Å². The molecule has 1 atom stereocenters. The summed E-state index contributed by atoms with van der Waals surface area (Å²) in [4.78, 5) is 23.6. The fourth-order valence-electron chi connectivity index (χ4n) is 1.64. The molecule has 1 amide bonds. The highest BCUT2D eigenvalue weighted by molar-refractivity contribution is 5.82. The van der Waals surface area contributed by atoms with E-state index in [9.17, 15) is 9.59 Å². The Morgan fingerprint density at radius 2 is 1.81 bits per heavy atom. The Hall–Kier alpha value is -2.08. The molecule has 2 N–H and O–H groups in total. The van der Waals surface area contributed by atoms with Crippen molar-refractivity contribution in [3.05, 3.63) is 35.4 Å². The summed E-state index contributed by atoms with van der Waals surface area (Å²) in [6, 6.07) is 5.66. The van der Waals surface area contributed by atoms with Crippen LogP contribution in [0.25, 0.3) is 0 Å². The molecule has 0 aliphatic carbocycles. The molecule has 0 fully saturated rings. The van der Waals surface area contributed by atoms with Crippen molar-refractivity contribution in [2.75, 3.05) is 7.11 Å². The van der Waals surface area contributed by atoms with Gasteiger partial charge in [0, 0.05) is 0 Å². The van der Waals surface area contributed by atoms with Gasteiger partial charge in [-0.05, 0) is 31.9 Å². The molecule has 0 heterocycles. The van der Waals surface area contributed by atoms with Gasteiger partial charge in [0.25, 0.3) is 0 Å². The van der Waals surface area contributed by atoms with Gasteiger partial charge in [0.15, 0.2) is 6.04 Å². The lowest BCUT2D eigenvalue weighted by Gasteiger charge is -2.22. The molecular formula is C15H21NO5. The largest absolute Gasteiger partial charge is 0.467 e. The summed E-state index contributed by atoms with van der Waals surface area (Å²) in [5.41, 5.74) is 0.593. The van der Waals surface area contributed by atoms with Crippen LogP contribution in [0.1, 0.15) is 37.9 Å². The lowest BCUT2D eigenvalue weighted by atomic mass is 10.1. The van der Waals surface area contributed by atoms with Gasteiger partial charge in [-0.1, -0.05) is 24.3 Å². The van der Waals surface area contributed by atoms with E-state index in [2.05, 4.69) is 5.32 Å². The molecule has 1 rings (SSSR count). The van der Waals surface area contributed by atoms with Crippen molar-refractivity contribution in [1.82, 2.24) is 5.32 Å². The predicted molar refractivity (Wildman–Crippen MR) is 76.5 cm³/mol.